The second-order valence-corrected chi connectivity index (χ2v) is 6.21. The minimum atomic E-state index is -3.80. The smallest absolute Gasteiger partial charge is 0.357 e. The van der Waals surface area contributed by atoms with Gasteiger partial charge < -0.3 is 9.84 Å². The van der Waals surface area contributed by atoms with Gasteiger partial charge in [-0.05, 0) is 30.7 Å². The Bertz CT molecular complexity index is 542. The molecule has 0 aliphatic heterocycles. The van der Waals surface area contributed by atoms with Gasteiger partial charge in [0.2, 0.25) is 0 Å². The Balaban J connectivity index is 2.86. The van der Waals surface area contributed by atoms with E-state index in [4.69, 9.17) is 20.7 Å². The molecule has 0 bridgehead atoms. The van der Waals surface area contributed by atoms with Gasteiger partial charge in [0.1, 0.15) is 5.75 Å². The molecule has 0 aliphatic carbocycles. The number of unbranched alkanes of at least 4 members (excludes halogenated alkanes) is 1. The van der Waals surface area contributed by atoms with Gasteiger partial charge in [-0.1, -0.05) is 13.3 Å². The standard InChI is InChI=1S/C13H18N2O5S/c1-2-3-8-20-9-4-6-10(7-5-9)21(18,19)12(15)11(14)13(16)17/h4-7,14-15,18-19H,2-3,8H2,1H3,(H,16,17). The number of benzene rings is 1. The van der Waals surface area contributed by atoms with Crippen LogP contribution < -0.4 is 4.74 Å². The number of carbonyl (C=O) groups is 1. The molecule has 0 saturated heterocycles. The van der Waals surface area contributed by atoms with Crippen LogP contribution in [0.25, 0.3) is 0 Å². The Hall–Kier alpha value is -1.90. The molecule has 1 aromatic rings. The number of hydrogen-bond acceptors (Lipinski definition) is 6. The average Bonchev–Trinajstić information content (AvgIpc) is 2.46. The Morgan fingerprint density at radius 2 is 1.81 bits per heavy atom. The van der Waals surface area contributed by atoms with Gasteiger partial charge in [0, 0.05) is 0 Å². The Kier molecular flexibility index (Phi) is 5.89. The third-order valence-corrected chi connectivity index (χ3v) is 4.35. The van der Waals surface area contributed by atoms with Crippen LogP contribution in [-0.4, -0.2) is 37.5 Å². The van der Waals surface area contributed by atoms with Crippen molar-refractivity contribution in [3.63, 3.8) is 0 Å². The normalized spacial score (nSPS) is 11.8. The monoisotopic (exact) mass is 314 g/mol. The van der Waals surface area contributed by atoms with Crippen LogP contribution in [0.3, 0.4) is 0 Å². The molecule has 0 atom stereocenters. The number of nitrogens with one attached hydrogen (secondary N) is 2. The number of hydrogen-bond donors (Lipinski definition) is 5. The molecule has 0 radical (unpaired) electrons. The lowest BCUT2D eigenvalue weighted by atomic mass is 10.3. The Labute approximate surface area is 123 Å². The van der Waals surface area contributed by atoms with E-state index >= 15 is 0 Å². The molecule has 0 unspecified atom stereocenters. The van der Waals surface area contributed by atoms with Gasteiger partial charge >= 0.3 is 5.97 Å². The number of carboxylic acids is 1. The van der Waals surface area contributed by atoms with Gasteiger partial charge in [0.25, 0.3) is 0 Å². The lowest BCUT2D eigenvalue weighted by Gasteiger charge is -2.31. The number of aliphatic carboxylic acids is 1. The van der Waals surface area contributed by atoms with E-state index in [0.29, 0.717) is 12.4 Å². The van der Waals surface area contributed by atoms with Gasteiger partial charge in [-0.25, -0.2) is 4.79 Å². The van der Waals surface area contributed by atoms with E-state index in [1.54, 1.807) is 0 Å². The summed E-state index contributed by atoms with van der Waals surface area (Å²) in [6.07, 6.45) is 1.89. The topological polar surface area (TPSA) is 135 Å². The van der Waals surface area contributed by atoms with Crippen LogP contribution in [0.5, 0.6) is 5.75 Å². The molecule has 0 spiro atoms. The molecular weight excluding hydrogens is 296 g/mol. The van der Waals surface area contributed by atoms with Crippen LogP contribution in [0, 0.1) is 10.8 Å². The fraction of sp³-hybridized carbons (Fsp3) is 0.308. The predicted octanol–water partition coefficient (Wildman–Crippen LogP) is 3.06. The van der Waals surface area contributed by atoms with Crippen molar-refractivity contribution in [1.29, 1.82) is 10.8 Å². The maximum Gasteiger partial charge on any atom is 0.357 e. The molecule has 0 heterocycles. The summed E-state index contributed by atoms with van der Waals surface area (Å²) in [5.74, 6) is -1.14. The van der Waals surface area contributed by atoms with Gasteiger partial charge in [0.05, 0.1) is 11.5 Å². The summed E-state index contributed by atoms with van der Waals surface area (Å²) in [5, 5.41) is 22.2. The zero-order valence-electron chi connectivity index (χ0n) is 11.5. The lowest BCUT2D eigenvalue weighted by molar-refractivity contribution is -0.129. The van der Waals surface area contributed by atoms with E-state index < -0.39 is 27.3 Å². The van der Waals surface area contributed by atoms with Crippen molar-refractivity contribution in [3.8, 4) is 5.75 Å². The number of ether oxygens (including phenoxy) is 1. The van der Waals surface area contributed by atoms with E-state index in [-0.39, 0.29) is 4.90 Å². The Morgan fingerprint density at radius 3 is 2.29 bits per heavy atom. The van der Waals surface area contributed by atoms with Crippen molar-refractivity contribution < 1.29 is 23.7 Å². The fourth-order valence-electron chi connectivity index (χ4n) is 1.42. The molecule has 0 aromatic heterocycles. The SMILES string of the molecule is CCCCOc1ccc(S(O)(O)C(=N)C(=N)C(=O)O)cc1. The van der Waals surface area contributed by atoms with Crippen LogP contribution in [0.15, 0.2) is 29.2 Å². The molecule has 1 rings (SSSR count). The van der Waals surface area contributed by atoms with Crippen LogP contribution in [-0.2, 0) is 4.79 Å². The summed E-state index contributed by atoms with van der Waals surface area (Å²) in [5.41, 5.74) is -1.14. The first-order valence-corrected chi connectivity index (χ1v) is 7.77. The summed E-state index contributed by atoms with van der Waals surface area (Å²) in [6.45, 7) is 2.58. The van der Waals surface area contributed by atoms with Crippen LogP contribution in [0.1, 0.15) is 19.8 Å². The molecule has 0 amide bonds. The molecule has 0 aliphatic rings. The quantitative estimate of drug-likeness (QED) is 0.299. The molecule has 7 nitrogen and oxygen atoms in total. The summed E-state index contributed by atoms with van der Waals surface area (Å²) < 4.78 is 25.3. The largest absolute Gasteiger partial charge is 0.494 e. The molecule has 5 N–H and O–H groups in total. The summed E-state index contributed by atoms with van der Waals surface area (Å²) in [4.78, 5) is 10.6. The van der Waals surface area contributed by atoms with Crippen LogP contribution in [0.2, 0.25) is 0 Å². The highest BCUT2D eigenvalue weighted by Gasteiger charge is 2.29. The van der Waals surface area contributed by atoms with Crippen molar-refractivity contribution in [2.75, 3.05) is 6.61 Å². The van der Waals surface area contributed by atoms with E-state index in [9.17, 15) is 13.9 Å². The lowest BCUT2D eigenvalue weighted by Crippen LogP contribution is -2.26. The first-order chi connectivity index (χ1) is 9.80. The van der Waals surface area contributed by atoms with Crippen molar-refractivity contribution >= 4 is 27.3 Å². The second-order valence-electron chi connectivity index (χ2n) is 4.23. The third kappa shape index (κ3) is 4.28. The molecule has 0 saturated carbocycles. The van der Waals surface area contributed by atoms with Crippen molar-refractivity contribution in [2.24, 2.45) is 0 Å². The van der Waals surface area contributed by atoms with E-state index in [1.807, 2.05) is 6.92 Å². The van der Waals surface area contributed by atoms with E-state index in [0.717, 1.165) is 12.8 Å². The molecule has 1 aromatic carbocycles. The number of carboxylic acid groups (broad SMARTS) is 1. The van der Waals surface area contributed by atoms with Gasteiger partial charge in [-0.3, -0.25) is 19.9 Å². The van der Waals surface area contributed by atoms with Crippen LogP contribution >= 0.6 is 10.6 Å². The van der Waals surface area contributed by atoms with Gasteiger partial charge in [0.15, 0.2) is 10.8 Å². The van der Waals surface area contributed by atoms with Crippen molar-refractivity contribution in [1.82, 2.24) is 0 Å². The first-order valence-electron chi connectivity index (χ1n) is 6.22. The maximum atomic E-state index is 10.6. The predicted molar refractivity (Wildman–Crippen MR) is 81.0 cm³/mol. The third-order valence-electron chi connectivity index (χ3n) is 2.64. The Morgan fingerprint density at radius 1 is 1.24 bits per heavy atom. The highest BCUT2D eigenvalue weighted by Crippen LogP contribution is 2.49. The summed E-state index contributed by atoms with van der Waals surface area (Å²) >= 11 is 0. The molecule has 116 valence electrons. The minimum Gasteiger partial charge on any atom is -0.494 e. The first kappa shape index (κ1) is 17.2. The molecule has 8 heteroatoms. The summed E-state index contributed by atoms with van der Waals surface area (Å²) in [6, 6.07) is 5.72. The molecular formula is C13H18N2O5S. The van der Waals surface area contributed by atoms with Crippen LogP contribution in [0.4, 0.5) is 0 Å². The van der Waals surface area contributed by atoms with E-state index in [2.05, 4.69) is 0 Å². The fourth-order valence-corrected chi connectivity index (χ4v) is 2.54. The van der Waals surface area contributed by atoms with Crippen molar-refractivity contribution in [3.05, 3.63) is 24.3 Å². The average molecular weight is 314 g/mol. The van der Waals surface area contributed by atoms with Gasteiger partial charge in [-0.2, -0.15) is 0 Å². The second kappa shape index (κ2) is 7.21. The maximum absolute atomic E-state index is 10.6. The highest BCUT2D eigenvalue weighted by molar-refractivity contribution is 8.38. The van der Waals surface area contributed by atoms with Gasteiger partial charge in [-0.15, -0.1) is 10.6 Å². The van der Waals surface area contributed by atoms with Crippen molar-refractivity contribution in [2.45, 2.75) is 24.7 Å². The minimum absolute atomic E-state index is 0.0265. The number of rotatable bonds is 7. The molecule has 0 fully saturated rings. The molecule has 21 heavy (non-hydrogen) atoms. The summed E-state index contributed by atoms with van der Waals surface area (Å²) in [7, 11) is -3.80. The van der Waals surface area contributed by atoms with E-state index in [1.165, 1.54) is 24.3 Å². The highest BCUT2D eigenvalue weighted by atomic mass is 32.3. The zero-order chi connectivity index (χ0) is 16.0. The zero-order valence-corrected chi connectivity index (χ0v) is 12.3.